The SMILES string of the molecule is COc1cccc(Cc2nnc(SCC(=O)O)[nH]c2=O)c1OC. The second-order valence-electron chi connectivity index (χ2n) is 4.42. The average molecular weight is 337 g/mol. The highest BCUT2D eigenvalue weighted by atomic mass is 32.2. The van der Waals surface area contributed by atoms with E-state index in [4.69, 9.17) is 14.6 Å². The number of hydrogen-bond donors (Lipinski definition) is 2. The smallest absolute Gasteiger partial charge is 0.313 e. The molecule has 1 aromatic carbocycles. The topological polar surface area (TPSA) is 114 Å². The standard InChI is InChI=1S/C14H15N3O5S/c1-21-10-5-3-4-8(12(10)22-2)6-9-13(20)15-14(17-16-9)23-7-11(18)19/h3-5H,6-7H2,1-2H3,(H,18,19)(H,15,17,20). The Labute approximate surface area is 135 Å². The van der Waals surface area contributed by atoms with Crippen molar-refractivity contribution in [3.8, 4) is 11.5 Å². The maximum Gasteiger partial charge on any atom is 0.313 e. The van der Waals surface area contributed by atoms with Gasteiger partial charge in [0, 0.05) is 12.0 Å². The Morgan fingerprint density at radius 2 is 2.09 bits per heavy atom. The number of nitrogens with zero attached hydrogens (tertiary/aromatic N) is 2. The Hall–Kier alpha value is -2.55. The van der Waals surface area contributed by atoms with Gasteiger partial charge in [-0.3, -0.25) is 14.6 Å². The van der Waals surface area contributed by atoms with Crippen molar-refractivity contribution in [2.45, 2.75) is 11.6 Å². The highest BCUT2D eigenvalue weighted by Gasteiger charge is 2.13. The molecule has 0 bridgehead atoms. The van der Waals surface area contributed by atoms with Gasteiger partial charge in [-0.15, -0.1) is 10.2 Å². The summed E-state index contributed by atoms with van der Waals surface area (Å²) in [6.45, 7) is 0. The number of para-hydroxylation sites is 1. The van der Waals surface area contributed by atoms with Gasteiger partial charge >= 0.3 is 5.97 Å². The number of carboxylic acid groups (broad SMARTS) is 1. The Morgan fingerprint density at radius 1 is 1.30 bits per heavy atom. The molecule has 0 atom stereocenters. The lowest BCUT2D eigenvalue weighted by Gasteiger charge is -2.11. The molecule has 0 aliphatic rings. The van der Waals surface area contributed by atoms with Crippen LogP contribution in [0, 0.1) is 0 Å². The van der Waals surface area contributed by atoms with Gasteiger partial charge in [-0.05, 0) is 6.07 Å². The highest BCUT2D eigenvalue weighted by molar-refractivity contribution is 7.99. The Kier molecular flexibility index (Phi) is 5.58. The number of carboxylic acids is 1. The van der Waals surface area contributed by atoms with Crippen molar-refractivity contribution in [1.82, 2.24) is 15.2 Å². The normalized spacial score (nSPS) is 10.3. The van der Waals surface area contributed by atoms with E-state index < -0.39 is 11.5 Å². The minimum absolute atomic E-state index is 0.166. The van der Waals surface area contributed by atoms with Crippen LogP contribution in [0.25, 0.3) is 0 Å². The van der Waals surface area contributed by atoms with Crippen LogP contribution in [0.4, 0.5) is 0 Å². The molecule has 0 saturated carbocycles. The Morgan fingerprint density at radius 3 is 2.70 bits per heavy atom. The summed E-state index contributed by atoms with van der Waals surface area (Å²) in [6.07, 6.45) is 0.215. The number of aliphatic carboxylic acids is 1. The van der Waals surface area contributed by atoms with E-state index >= 15 is 0 Å². The average Bonchev–Trinajstić information content (AvgIpc) is 2.54. The number of carbonyl (C=O) groups is 1. The minimum Gasteiger partial charge on any atom is -0.493 e. The van der Waals surface area contributed by atoms with E-state index in [9.17, 15) is 9.59 Å². The van der Waals surface area contributed by atoms with Gasteiger partial charge in [0.1, 0.15) is 5.69 Å². The molecule has 1 aromatic heterocycles. The molecular formula is C14H15N3O5S. The first-order valence-electron chi connectivity index (χ1n) is 6.55. The van der Waals surface area contributed by atoms with Crippen molar-refractivity contribution in [3.05, 3.63) is 39.8 Å². The number of hydrogen-bond acceptors (Lipinski definition) is 7. The molecule has 0 fully saturated rings. The van der Waals surface area contributed by atoms with Gasteiger partial charge in [0.25, 0.3) is 5.56 Å². The summed E-state index contributed by atoms with van der Waals surface area (Å²) in [6, 6.07) is 5.34. The first-order chi connectivity index (χ1) is 11.0. The third-order valence-corrected chi connectivity index (χ3v) is 3.77. The van der Waals surface area contributed by atoms with Gasteiger partial charge < -0.3 is 14.6 Å². The minimum atomic E-state index is -0.997. The molecule has 0 aliphatic heterocycles. The maximum atomic E-state index is 12.1. The van der Waals surface area contributed by atoms with Crippen LogP contribution in [0.5, 0.6) is 11.5 Å². The molecule has 23 heavy (non-hydrogen) atoms. The summed E-state index contributed by atoms with van der Waals surface area (Å²) >= 11 is 0.898. The fourth-order valence-electron chi connectivity index (χ4n) is 1.93. The summed E-state index contributed by atoms with van der Waals surface area (Å²) in [5.41, 5.74) is 0.520. The summed E-state index contributed by atoms with van der Waals surface area (Å²) in [7, 11) is 3.05. The fourth-order valence-corrected chi connectivity index (χ4v) is 2.45. The van der Waals surface area contributed by atoms with E-state index in [0.717, 1.165) is 17.3 Å². The number of methoxy groups -OCH3 is 2. The lowest BCUT2D eigenvalue weighted by atomic mass is 10.1. The van der Waals surface area contributed by atoms with E-state index in [1.165, 1.54) is 14.2 Å². The number of thioether (sulfide) groups is 1. The predicted molar refractivity (Wildman–Crippen MR) is 83.4 cm³/mol. The van der Waals surface area contributed by atoms with Gasteiger partial charge in [0.2, 0.25) is 0 Å². The molecule has 2 aromatic rings. The van der Waals surface area contributed by atoms with E-state index in [0.29, 0.717) is 11.5 Å². The van der Waals surface area contributed by atoms with Gasteiger partial charge in [-0.1, -0.05) is 23.9 Å². The van der Waals surface area contributed by atoms with Crippen molar-refractivity contribution < 1.29 is 19.4 Å². The van der Waals surface area contributed by atoms with Gasteiger partial charge in [-0.25, -0.2) is 0 Å². The summed E-state index contributed by atoms with van der Waals surface area (Å²) in [5.74, 6) is -0.111. The van der Waals surface area contributed by atoms with Crippen molar-refractivity contribution in [3.63, 3.8) is 0 Å². The molecule has 0 unspecified atom stereocenters. The predicted octanol–water partition coefficient (Wildman–Crippen LogP) is 0.950. The van der Waals surface area contributed by atoms with Crippen LogP contribution in [-0.4, -0.2) is 46.2 Å². The molecule has 0 saturated heterocycles. The number of aromatic amines is 1. The van der Waals surface area contributed by atoms with Crippen molar-refractivity contribution in [1.29, 1.82) is 0 Å². The van der Waals surface area contributed by atoms with Crippen molar-refractivity contribution >= 4 is 17.7 Å². The molecule has 2 rings (SSSR count). The molecule has 0 aliphatic carbocycles. The lowest BCUT2D eigenvalue weighted by molar-refractivity contribution is -0.133. The first kappa shape index (κ1) is 16.8. The van der Waals surface area contributed by atoms with Gasteiger partial charge in [-0.2, -0.15) is 0 Å². The summed E-state index contributed by atoms with van der Waals surface area (Å²) in [5, 5.41) is 16.5. The van der Waals surface area contributed by atoms with Crippen molar-refractivity contribution in [2.75, 3.05) is 20.0 Å². The first-order valence-corrected chi connectivity index (χ1v) is 7.54. The third kappa shape index (κ3) is 4.22. The van der Waals surface area contributed by atoms with Crippen LogP contribution in [0.15, 0.2) is 28.2 Å². The summed E-state index contributed by atoms with van der Waals surface area (Å²) in [4.78, 5) is 25.1. The summed E-state index contributed by atoms with van der Waals surface area (Å²) < 4.78 is 10.5. The van der Waals surface area contributed by atoms with Crippen LogP contribution in [0.3, 0.4) is 0 Å². The largest absolute Gasteiger partial charge is 0.493 e. The maximum absolute atomic E-state index is 12.1. The van der Waals surface area contributed by atoms with Gasteiger partial charge in [0.15, 0.2) is 16.7 Å². The van der Waals surface area contributed by atoms with E-state index in [1.54, 1.807) is 18.2 Å². The number of H-pyrrole nitrogens is 1. The van der Waals surface area contributed by atoms with E-state index in [2.05, 4.69) is 15.2 Å². The third-order valence-electron chi connectivity index (χ3n) is 2.92. The van der Waals surface area contributed by atoms with E-state index in [1.807, 2.05) is 0 Å². The number of aromatic nitrogens is 3. The quantitative estimate of drug-likeness (QED) is 0.718. The molecule has 9 heteroatoms. The number of nitrogens with one attached hydrogen (secondary N) is 1. The molecule has 0 radical (unpaired) electrons. The molecule has 0 spiro atoms. The molecular weight excluding hydrogens is 322 g/mol. The second kappa shape index (κ2) is 7.63. The van der Waals surface area contributed by atoms with Crippen LogP contribution >= 0.6 is 11.8 Å². The molecule has 2 N–H and O–H groups in total. The monoisotopic (exact) mass is 337 g/mol. The van der Waals surface area contributed by atoms with Crippen molar-refractivity contribution in [2.24, 2.45) is 0 Å². The molecule has 0 amide bonds. The Bertz CT molecular complexity index is 762. The number of ether oxygens (including phenoxy) is 2. The Balaban J connectivity index is 2.24. The van der Waals surface area contributed by atoms with Crippen LogP contribution in [0.2, 0.25) is 0 Å². The van der Waals surface area contributed by atoms with Crippen LogP contribution < -0.4 is 15.0 Å². The zero-order valence-electron chi connectivity index (χ0n) is 12.5. The molecule has 1 heterocycles. The second-order valence-corrected chi connectivity index (χ2v) is 5.38. The van der Waals surface area contributed by atoms with Crippen LogP contribution in [0.1, 0.15) is 11.3 Å². The van der Waals surface area contributed by atoms with Gasteiger partial charge in [0.05, 0.1) is 20.0 Å². The zero-order chi connectivity index (χ0) is 16.8. The zero-order valence-corrected chi connectivity index (χ0v) is 13.3. The lowest BCUT2D eigenvalue weighted by Crippen LogP contribution is -2.18. The van der Waals surface area contributed by atoms with Crippen LogP contribution in [-0.2, 0) is 11.2 Å². The number of rotatable bonds is 7. The molecule has 122 valence electrons. The number of benzene rings is 1. The highest BCUT2D eigenvalue weighted by Crippen LogP contribution is 2.31. The molecule has 8 nitrogen and oxygen atoms in total. The fraction of sp³-hybridized carbons (Fsp3) is 0.286. The van der Waals surface area contributed by atoms with E-state index in [-0.39, 0.29) is 23.0 Å².